The predicted molar refractivity (Wildman–Crippen MR) is 106 cm³/mol. The molecule has 0 radical (unpaired) electrons. The summed E-state index contributed by atoms with van der Waals surface area (Å²) in [4.78, 5) is 9.35. The van der Waals surface area contributed by atoms with Gasteiger partial charge in [0.05, 0.1) is 24.7 Å². The lowest BCUT2D eigenvalue weighted by atomic mass is 10.2. The molecule has 3 aromatic carbocycles. The number of fused-ring (bicyclic) bond motifs is 1. The summed E-state index contributed by atoms with van der Waals surface area (Å²) in [7, 11) is 1.66. The minimum absolute atomic E-state index is 0.700. The van der Waals surface area contributed by atoms with Crippen LogP contribution in [0.1, 0.15) is 11.1 Å². The average molecular weight is 341 g/mol. The van der Waals surface area contributed by atoms with Crippen LogP contribution in [0.15, 0.2) is 83.9 Å². The van der Waals surface area contributed by atoms with Gasteiger partial charge in [-0.1, -0.05) is 42.5 Å². The molecule has 4 aromatic rings. The van der Waals surface area contributed by atoms with Crippen molar-refractivity contribution < 1.29 is 4.74 Å². The van der Waals surface area contributed by atoms with Gasteiger partial charge in [0.1, 0.15) is 5.75 Å². The van der Waals surface area contributed by atoms with Gasteiger partial charge in [0.25, 0.3) is 0 Å². The minimum atomic E-state index is 0.700. The summed E-state index contributed by atoms with van der Waals surface area (Å²) in [6, 6.07) is 26.3. The summed E-state index contributed by atoms with van der Waals surface area (Å²) >= 11 is 0. The van der Waals surface area contributed by atoms with Crippen LogP contribution < -0.4 is 4.74 Å². The van der Waals surface area contributed by atoms with Gasteiger partial charge in [0.2, 0.25) is 5.95 Å². The normalized spacial score (nSPS) is 11.3. The molecule has 0 spiro atoms. The van der Waals surface area contributed by atoms with Crippen molar-refractivity contribution in [1.29, 1.82) is 0 Å². The van der Waals surface area contributed by atoms with E-state index in [2.05, 4.69) is 39.9 Å². The van der Waals surface area contributed by atoms with E-state index >= 15 is 0 Å². The highest BCUT2D eigenvalue weighted by Crippen LogP contribution is 2.23. The van der Waals surface area contributed by atoms with Gasteiger partial charge < -0.3 is 9.30 Å². The van der Waals surface area contributed by atoms with Gasteiger partial charge in [-0.3, -0.25) is 0 Å². The number of para-hydroxylation sites is 2. The van der Waals surface area contributed by atoms with Crippen molar-refractivity contribution in [2.75, 3.05) is 7.11 Å². The number of nitrogens with zero attached hydrogens (tertiary/aromatic N) is 3. The molecule has 0 bridgehead atoms. The lowest BCUT2D eigenvalue weighted by molar-refractivity contribution is 0.415. The first-order valence-corrected chi connectivity index (χ1v) is 8.51. The topological polar surface area (TPSA) is 39.4 Å². The number of rotatable bonds is 5. The summed E-state index contributed by atoms with van der Waals surface area (Å²) < 4.78 is 7.34. The second-order valence-electron chi connectivity index (χ2n) is 6.00. The van der Waals surface area contributed by atoms with Crippen molar-refractivity contribution >= 4 is 23.2 Å². The van der Waals surface area contributed by atoms with Crippen LogP contribution in [0.2, 0.25) is 0 Å². The highest BCUT2D eigenvalue weighted by Gasteiger charge is 2.09. The zero-order valence-electron chi connectivity index (χ0n) is 14.5. The van der Waals surface area contributed by atoms with Gasteiger partial charge in [0.15, 0.2) is 0 Å². The van der Waals surface area contributed by atoms with Crippen LogP contribution >= 0.6 is 0 Å². The Balaban J connectivity index is 1.71. The van der Waals surface area contributed by atoms with E-state index in [1.54, 1.807) is 7.11 Å². The predicted octanol–water partition coefficient (Wildman–Crippen LogP) is 4.84. The molecule has 0 aliphatic heterocycles. The van der Waals surface area contributed by atoms with Gasteiger partial charge in [-0.2, -0.15) is 0 Å². The number of ether oxygens (including phenoxy) is 1. The SMILES string of the molecule is COc1ccc(/C=N\c2nc3ccccc3n2Cc2ccccc2)cc1. The first-order valence-electron chi connectivity index (χ1n) is 8.51. The van der Waals surface area contributed by atoms with Crippen molar-refractivity contribution in [3.63, 3.8) is 0 Å². The van der Waals surface area contributed by atoms with E-state index in [0.29, 0.717) is 5.95 Å². The first kappa shape index (κ1) is 16.1. The summed E-state index contributed by atoms with van der Waals surface area (Å²) in [5, 5.41) is 0. The molecule has 0 saturated heterocycles. The highest BCUT2D eigenvalue weighted by molar-refractivity contribution is 5.84. The molecule has 1 heterocycles. The molecule has 0 fully saturated rings. The monoisotopic (exact) mass is 341 g/mol. The Morgan fingerprint density at radius 1 is 0.923 bits per heavy atom. The molecule has 0 saturated carbocycles. The quantitative estimate of drug-likeness (QED) is 0.487. The first-order chi connectivity index (χ1) is 12.8. The Morgan fingerprint density at radius 3 is 2.42 bits per heavy atom. The van der Waals surface area contributed by atoms with Gasteiger partial charge in [-0.25, -0.2) is 9.98 Å². The third-order valence-electron chi connectivity index (χ3n) is 4.26. The van der Waals surface area contributed by atoms with E-state index in [1.165, 1.54) is 5.56 Å². The Bertz CT molecular complexity index is 1030. The number of aromatic nitrogens is 2. The molecule has 0 atom stereocenters. The standard InChI is InChI=1S/C22H19N3O/c1-26-19-13-11-17(12-14-19)15-23-22-24-20-9-5-6-10-21(20)25(22)16-18-7-3-2-4-8-18/h2-15H,16H2,1H3/b23-15-. The van der Waals surface area contributed by atoms with Crippen LogP contribution in [-0.2, 0) is 6.54 Å². The maximum absolute atomic E-state index is 5.20. The fourth-order valence-corrected chi connectivity index (χ4v) is 2.91. The van der Waals surface area contributed by atoms with Crippen molar-refractivity contribution in [3.8, 4) is 5.75 Å². The highest BCUT2D eigenvalue weighted by atomic mass is 16.5. The van der Waals surface area contributed by atoms with Crippen LogP contribution in [0.4, 0.5) is 5.95 Å². The van der Waals surface area contributed by atoms with Crippen LogP contribution in [0, 0.1) is 0 Å². The van der Waals surface area contributed by atoms with Gasteiger partial charge >= 0.3 is 0 Å². The number of methoxy groups -OCH3 is 1. The lowest BCUT2D eigenvalue weighted by Gasteiger charge is -2.06. The summed E-state index contributed by atoms with van der Waals surface area (Å²) in [6.45, 7) is 0.733. The Morgan fingerprint density at radius 2 is 1.65 bits per heavy atom. The van der Waals surface area contributed by atoms with Crippen molar-refractivity contribution in [3.05, 3.63) is 90.0 Å². The molecule has 128 valence electrons. The maximum atomic E-state index is 5.20. The van der Waals surface area contributed by atoms with Gasteiger partial charge in [0, 0.05) is 6.21 Å². The number of imidazole rings is 1. The molecule has 0 unspecified atom stereocenters. The molecule has 1 aromatic heterocycles. The second kappa shape index (κ2) is 7.23. The van der Waals surface area contributed by atoms with Crippen molar-refractivity contribution in [2.24, 2.45) is 4.99 Å². The third-order valence-corrected chi connectivity index (χ3v) is 4.26. The zero-order chi connectivity index (χ0) is 17.8. The van der Waals surface area contributed by atoms with E-state index in [9.17, 15) is 0 Å². The molecule has 0 aliphatic rings. The average Bonchev–Trinajstić information content (AvgIpc) is 3.05. The van der Waals surface area contributed by atoms with E-state index in [-0.39, 0.29) is 0 Å². The molecule has 4 heteroatoms. The van der Waals surface area contributed by atoms with Crippen LogP contribution in [0.5, 0.6) is 5.75 Å². The number of aliphatic imine (C=N–C) groups is 1. The van der Waals surface area contributed by atoms with E-state index in [1.807, 2.05) is 54.7 Å². The molecular formula is C22H19N3O. The zero-order valence-corrected chi connectivity index (χ0v) is 14.5. The summed E-state index contributed by atoms with van der Waals surface area (Å²) in [5.41, 5.74) is 4.25. The van der Waals surface area contributed by atoms with E-state index < -0.39 is 0 Å². The van der Waals surface area contributed by atoms with Gasteiger partial charge in [-0.05, 0) is 47.5 Å². The largest absolute Gasteiger partial charge is 0.497 e. The Hall–Kier alpha value is -3.40. The lowest BCUT2D eigenvalue weighted by Crippen LogP contribution is -1.99. The molecular weight excluding hydrogens is 322 g/mol. The Kier molecular flexibility index (Phi) is 4.48. The molecule has 26 heavy (non-hydrogen) atoms. The van der Waals surface area contributed by atoms with E-state index in [0.717, 1.165) is 28.9 Å². The number of hydrogen-bond acceptors (Lipinski definition) is 3. The number of benzene rings is 3. The second-order valence-corrected chi connectivity index (χ2v) is 6.00. The molecule has 4 nitrogen and oxygen atoms in total. The maximum Gasteiger partial charge on any atom is 0.230 e. The fraction of sp³-hybridized carbons (Fsp3) is 0.0909. The Labute approximate surface area is 152 Å². The van der Waals surface area contributed by atoms with Gasteiger partial charge in [-0.15, -0.1) is 0 Å². The summed E-state index contributed by atoms with van der Waals surface area (Å²) in [5.74, 6) is 1.53. The fourth-order valence-electron chi connectivity index (χ4n) is 2.91. The molecule has 0 aliphatic carbocycles. The smallest absolute Gasteiger partial charge is 0.230 e. The third kappa shape index (κ3) is 3.35. The molecule has 4 rings (SSSR count). The molecule has 0 N–H and O–H groups in total. The van der Waals surface area contributed by atoms with Crippen molar-refractivity contribution in [2.45, 2.75) is 6.54 Å². The van der Waals surface area contributed by atoms with Crippen LogP contribution in [0.25, 0.3) is 11.0 Å². The summed E-state index contributed by atoms with van der Waals surface area (Å²) in [6.07, 6.45) is 1.84. The minimum Gasteiger partial charge on any atom is -0.497 e. The van der Waals surface area contributed by atoms with Crippen LogP contribution in [-0.4, -0.2) is 22.9 Å². The number of hydrogen-bond donors (Lipinski definition) is 0. The van der Waals surface area contributed by atoms with Crippen molar-refractivity contribution in [1.82, 2.24) is 9.55 Å². The molecule has 0 amide bonds. The van der Waals surface area contributed by atoms with Crippen LogP contribution in [0.3, 0.4) is 0 Å². The van der Waals surface area contributed by atoms with E-state index in [4.69, 9.17) is 9.72 Å².